The minimum atomic E-state index is -3.90. The summed E-state index contributed by atoms with van der Waals surface area (Å²) in [4.78, 5) is 12.9. The zero-order chi connectivity index (χ0) is 22.1. The molecule has 0 fully saturated rings. The summed E-state index contributed by atoms with van der Waals surface area (Å²) in [5, 5.41) is 3.10. The van der Waals surface area contributed by atoms with Gasteiger partial charge >= 0.3 is 0 Å². The Bertz CT molecular complexity index is 1110. The van der Waals surface area contributed by atoms with Gasteiger partial charge in [-0.25, -0.2) is 8.42 Å². The first-order valence-corrected chi connectivity index (χ1v) is 11.4. The minimum Gasteiger partial charge on any atom is -0.331 e. The average molecular weight is 455 g/mol. The highest BCUT2D eigenvalue weighted by Gasteiger charge is 2.26. The Morgan fingerprint density at radius 1 is 0.806 bits per heavy atom. The smallest absolute Gasteiger partial charge is 0.256 e. The molecule has 3 aromatic carbocycles. The van der Waals surface area contributed by atoms with Crippen molar-refractivity contribution < 1.29 is 13.2 Å². The molecule has 0 aliphatic carbocycles. The van der Waals surface area contributed by atoms with E-state index in [0.29, 0.717) is 0 Å². The first-order valence-electron chi connectivity index (χ1n) is 9.47. The fourth-order valence-electron chi connectivity index (χ4n) is 2.78. The van der Waals surface area contributed by atoms with E-state index in [1.165, 1.54) is 12.1 Å². The van der Waals surface area contributed by atoms with Crippen molar-refractivity contribution in [3.63, 3.8) is 0 Å². The molecule has 0 aliphatic heterocycles. The summed E-state index contributed by atoms with van der Waals surface area (Å²) in [6, 6.07) is 25.2. The lowest BCUT2D eigenvalue weighted by Gasteiger charge is -2.20. The number of hydrazine groups is 1. The van der Waals surface area contributed by atoms with Crippen molar-refractivity contribution in [3.8, 4) is 0 Å². The van der Waals surface area contributed by atoms with Crippen LogP contribution in [-0.4, -0.2) is 25.5 Å². The van der Waals surface area contributed by atoms with Crippen molar-refractivity contribution in [1.29, 1.82) is 0 Å². The van der Waals surface area contributed by atoms with E-state index in [1.54, 1.807) is 18.2 Å². The predicted octanol–water partition coefficient (Wildman–Crippen LogP) is 2.59. The van der Waals surface area contributed by atoms with Gasteiger partial charge in [0.05, 0.1) is 4.90 Å². The third kappa shape index (κ3) is 6.88. The topological polar surface area (TPSA) is 99.3 Å². The Morgan fingerprint density at radius 3 is 1.97 bits per heavy atom. The van der Waals surface area contributed by atoms with Gasteiger partial charge in [-0.3, -0.25) is 15.6 Å². The number of thiocarbonyl (C=S) groups is 1. The summed E-state index contributed by atoms with van der Waals surface area (Å²) in [5.74, 6) is -0.569. The molecule has 9 heteroatoms. The van der Waals surface area contributed by atoms with Gasteiger partial charge < -0.3 is 5.32 Å². The van der Waals surface area contributed by atoms with E-state index >= 15 is 0 Å². The SMILES string of the molecule is O=C(NNC(=S)Nc1ccccc1)[C@@H](Cc1ccccc1)NS(=O)(=O)c1ccccc1. The average Bonchev–Trinajstić information content (AvgIpc) is 2.79. The van der Waals surface area contributed by atoms with E-state index in [4.69, 9.17) is 12.2 Å². The molecule has 160 valence electrons. The highest BCUT2D eigenvalue weighted by molar-refractivity contribution is 7.89. The molecular formula is C22H22N4O3S2. The molecule has 0 radical (unpaired) electrons. The molecule has 0 unspecified atom stereocenters. The van der Waals surface area contributed by atoms with Crippen molar-refractivity contribution >= 4 is 38.9 Å². The quantitative estimate of drug-likeness (QED) is 0.324. The molecule has 0 aliphatic rings. The number of benzene rings is 3. The number of carbonyl (C=O) groups is 1. The summed E-state index contributed by atoms with van der Waals surface area (Å²) >= 11 is 5.18. The lowest BCUT2D eigenvalue weighted by atomic mass is 10.1. The molecule has 7 nitrogen and oxygen atoms in total. The molecule has 4 N–H and O–H groups in total. The summed E-state index contributed by atoms with van der Waals surface area (Å²) < 4.78 is 28.0. The summed E-state index contributed by atoms with van der Waals surface area (Å²) in [6.45, 7) is 0. The molecule has 0 bridgehead atoms. The van der Waals surface area contributed by atoms with E-state index in [0.717, 1.165) is 11.3 Å². The van der Waals surface area contributed by atoms with Crippen LogP contribution in [0.4, 0.5) is 5.69 Å². The largest absolute Gasteiger partial charge is 0.331 e. The van der Waals surface area contributed by atoms with Crippen LogP contribution < -0.4 is 20.9 Å². The number of rotatable bonds is 7. The van der Waals surface area contributed by atoms with E-state index < -0.39 is 22.0 Å². The van der Waals surface area contributed by atoms with Gasteiger partial charge in [-0.1, -0.05) is 66.7 Å². The van der Waals surface area contributed by atoms with Gasteiger partial charge in [-0.15, -0.1) is 0 Å². The molecule has 0 saturated heterocycles. The maximum atomic E-state index is 12.8. The van der Waals surface area contributed by atoms with Gasteiger partial charge in [-0.2, -0.15) is 4.72 Å². The number of nitrogens with one attached hydrogen (secondary N) is 4. The molecule has 0 aromatic heterocycles. The summed E-state index contributed by atoms with van der Waals surface area (Å²) in [5.41, 5.74) is 6.64. The molecular weight excluding hydrogens is 432 g/mol. The van der Waals surface area contributed by atoms with Gasteiger partial charge in [0.15, 0.2) is 5.11 Å². The zero-order valence-corrected chi connectivity index (χ0v) is 18.1. The van der Waals surface area contributed by atoms with E-state index in [9.17, 15) is 13.2 Å². The number of amides is 1. The second-order valence-corrected chi connectivity index (χ2v) is 8.73. The van der Waals surface area contributed by atoms with Gasteiger partial charge in [0.1, 0.15) is 6.04 Å². The van der Waals surface area contributed by atoms with Crippen LogP contribution in [0.2, 0.25) is 0 Å². The minimum absolute atomic E-state index is 0.0788. The summed E-state index contributed by atoms with van der Waals surface area (Å²) in [6.07, 6.45) is 0.166. The summed E-state index contributed by atoms with van der Waals surface area (Å²) in [7, 11) is -3.90. The van der Waals surface area contributed by atoms with E-state index in [2.05, 4.69) is 20.9 Å². The third-order valence-electron chi connectivity index (χ3n) is 4.28. The molecule has 3 rings (SSSR count). The molecule has 31 heavy (non-hydrogen) atoms. The van der Waals surface area contributed by atoms with Crippen LogP contribution in [0.3, 0.4) is 0 Å². The van der Waals surface area contributed by atoms with Gasteiger partial charge in [-0.05, 0) is 48.5 Å². The Labute approximate surface area is 186 Å². The Morgan fingerprint density at radius 2 is 1.35 bits per heavy atom. The van der Waals surface area contributed by atoms with Crippen LogP contribution in [0.25, 0.3) is 0 Å². The molecule has 1 amide bonds. The van der Waals surface area contributed by atoms with Crippen molar-refractivity contribution in [2.24, 2.45) is 0 Å². The zero-order valence-electron chi connectivity index (χ0n) is 16.5. The van der Waals surface area contributed by atoms with E-state index in [-0.39, 0.29) is 16.4 Å². The fraction of sp³-hybridized carbons (Fsp3) is 0.0909. The van der Waals surface area contributed by atoms with E-state index in [1.807, 2.05) is 60.7 Å². The number of carbonyl (C=O) groups excluding carboxylic acids is 1. The van der Waals surface area contributed by atoms with Crippen molar-refractivity contribution in [2.45, 2.75) is 17.4 Å². The van der Waals surface area contributed by atoms with Crippen LogP contribution >= 0.6 is 12.2 Å². The van der Waals surface area contributed by atoms with Crippen LogP contribution in [0.5, 0.6) is 0 Å². The first kappa shape index (κ1) is 22.4. The highest BCUT2D eigenvalue weighted by atomic mass is 32.2. The van der Waals surface area contributed by atoms with Crippen LogP contribution in [0.1, 0.15) is 5.56 Å². The van der Waals surface area contributed by atoms with Crippen molar-refractivity contribution in [3.05, 3.63) is 96.6 Å². The standard InChI is InChI=1S/C22H22N4O3S2/c27-21(24-25-22(30)23-18-12-6-2-7-13-18)20(16-17-10-4-1-5-11-17)26-31(28,29)19-14-8-3-9-15-19/h1-15,20,26H,16H2,(H,24,27)(H2,23,25,30)/t20-/m1/s1. The maximum Gasteiger partial charge on any atom is 0.256 e. The maximum absolute atomic E-state index is 12.8. The molecule has 0 heterocycles. The van der Waals surface area contributed by atoms with Crippen molar-refractivity contribution in [1.82, 2.24) is 15.6 Å². The number of para-hydroxylation sites is 1. The second-order valence-electron chi connectivity index (χ2n) is 6.61. The molecule has 3 aromatic rings. The molecule has 0 spiro atoms. The molecule has 1 atom stereocenters. The van der Waals surface area contributed by atoms with Crippen LogP contribution in [-0.2, 0) is 21.2 Å². The number of hydrogen-bond donors (Lipinski definition) is 4. The first-order chi connectivity index (χ1) is 14.9. The Balaban J connectivity index is 1.69. The molecule has 0 saturated carbocycles. The fourth-order valence-corrected chi connectivity index (χ4v) is 4.17. The monoisotopic (exact) mass is 454 g/mol. The van der Waals surface area contributed by atoms with Crippen LogP contribution in [0, 0.1) is 0 Å². The lowest BCUT2D eigenvalue weighted by Crippen LogP contribution is -2.53. The number of anilines is 1. The van der Waals surface area contributed by atoms with Crippen molar-refractivity contribution in [2.75, 3.05) is 5.32 Å². The predicted molar refractivity (Wildman–Crippen MR) is 125 cm³/mol. The lowest BCUT2D eigenvalue weighted by molar-refractivity contribution is -0.123. The van der Waals surface area contributed by atoms with Gasteiger partial charge in [0, 0.05) is 5.69 Å². The normalized spacial score (nSPS) is 11.9. The Kier molecular flexibility index (Phi) is 7.71. The van der Waals surface area contributed by atoms with Gasteiger partial charge in [0.25, 0.3) is 5.91 Å². The van der Waals surface area contributed by atoms with Crippen LogP contribution in [0.15, 0.2) is 95.9 Å². The number of sulfonamides is 1. The Hall–Kier alpha value is -3.27. The number of hydrogen-bond acceptors (Lipinski definition) is 4. The highest BCUT2D eigenvalue weighted by Crippen LogP contribution is 2.11. The second kappa shape index (κ2) is 10.7. The third-order valence-corrected chi connectivity index (χ3v) is 5.97. The van der Waals surface area contributed by atoms with Gasteiger partial charge in [0.2, 0.25) is 10.0 Å².